The molecule has 4 heteroatoms. The highest BCUT2D eigenvalue weighted by atomic mass is 32.2. The van der Waals surface area contributed by atoms with Crippen molar-refractivity contribution >= 4 is 24.0 Å². The van der Waals surface area contributed by atoms with Crippen LogP contribution in [0.4, 0.5) is 0 Å². The lowest BCUT2D eigenvalue weighted by molar-refractivity contribution is 0.253. The van der Waals surface area contributed by atoms with E-state index in [9.17, 15) is 4.21 Å². The molecule has 146 valence electrons. The molecule has 0 bridgehead atoms. The van der Waals surface area contributed by atoms with Crippen molar-refractivity contribution in [3.63, 3.8) is 0 Å². The Morgan fingerprint density at radius 2 is 1.56 bits per heavy atom. The molecule has 27 heavy (non-hydrogen) atoms. The van der Waals surface area contributed by atoms with Gasteiger partial charge in [-0.1, -0.05) is 68.8 Å². The van der Waals surface area contributed by atoms with Gasteiger partial charge in [-0.15, -0.1) is 0 Å². The van der Waals surface area contributed by atoms with Gasteiger partial charge < -0.3 is 4.43 Å². The smallest absolute Gasteiger partial charge is 0.192 e. The third-order valence-corrected chi connectivity index (χ3v) is 11.5. The van der Waals surface area contributed by atoms with Gasteiger partial charge in [0.2, 0.25) is 0 Å². The molecule has 2 aromatic carbocycles. The summed E-state index contributed by atoms with van der Waals surface area (Å²) in [4.78, 5) is 1.66. The van der Waals surface area contributed by atoms with Crippen molar-refractivity contribution in [2.75, 3.05) is 0 Å². The van der Waals surface area contributed by atoms with Gasteiger partial charge in [0.15, 0.2) is 8.32 Å². The lowest BCUT2D eigenvalue weighted by Gasteiger charge is -2.31. The standard InChI is InChI=1S/C23H32O2SSi/c1-6-27(7-2,8-3)25-20(5)18-23(21-12-10-9-11-13-21)26(24)22-16-14-19(4)15-17-22/h9-18,20H,6-8H2,1-5H3/b23-18-/t20-,26-/m0/s1. The Bertz CT molecular complexity index is 756. The van der Waals surface area contributed by atoms with E-state index in [-0.39, 0.29) is 6.10 Å². The molecular weight excluding hydrogens is 368 g/mol. The second kappa shape index (κ2) is 10.2. The Morgan fingerprint density at radius 1 is 1.00 bits per heavy atom. The van der Waals surface area contributed by atoms with Gasteiger partial charge >= 0.3 is 0 Å². The zero-order valence-corrected chi connectivity index (χ0v) is 19.0. The van der Waals surface area contributed by atoms with Crippen molar-refractivity contribution in [3.8, 4) is 0 Å². The van der Waals surface area contributed by atoms with E-state index in [1.54, 1.807) is 0 Å². The van der Waals surface area contributed by atoms with Crippen LogP contribution >= 0.6 is 0 Å². The predicted molar refractivity (Wildman–Crippen MR) is 120 cm³/mol. The molecule has 0 aliphatic heterocycles. The first-order valence-corrected chi connectivity index (χ1v) is 13.6. The normalized spacial score (nSPS) is 14.8. The van der Waals surface area contributed by atoms with Crippen molar-refractivity contribution in [1.82, 2.24) is 0 Å². The van der Waals surface area contributed by atoms with Crippen LogP contribution in [0.3, 0.4) is 0 Å². The van der Waals surface area contributed by atoms with E-state index in [1.807, 2.05) is 61.5 Å². The molecule has 0 aromatic heterocycles. The zero-order chi connectivity index (χ0) is 19.9. The van der Waals surface area contributed by atoms with Gasteiger partial charge in [0, 0.05) is 9.80 Å². The first kappa shape index (κ1) is 21.8. The minimum absolute atomic E-state index is 0.0545. The topological polar surface area (TPSA) is 26.3 Å². The maximum atomic E-state index is 13.4. The van der Waals surface area contributed by atoms with Gasteiger partial charge in [0.25, 0.3) is 0 Å². The van der Waals surface area contributed by atoms with Crippen LogP contribution in [0.5, 0.6) is 0 Å². The maximum Gasteiger partial charge on any atom is 0.192 e. The Kier molecular flexibility index (Phi) is 8.21. The summed E-state index contributed by atoms with van der Waals surface area (Å²) in [6.45, 7) is 10.8. The van der Waals surface area contributed by atoms with E-state index in [1.165, 1.54) is 5.56 Å². The molecule has 2 nitrogen and oxygen atoms in total. The van der Waals surface area contributed by atoms with Crippen molar-refractivity contribution < 1.29 is 8.63 Å². The zero-order valence-electron chi connectivity index (χ0n) is 17.2. The van der Waals surface area contributed by atoms with E-state index in [0.717, 1.165) is 33.5 Å². The molecule has 0 saturated carbocycles. The number of rotatable bonds is 9. The number of hydrogen-bond donors (Lipinski definition) is 0. The molecular formula is C23H32O2SSi. The van der Waals surface area contributed by atoms with E-state index >= 15 is 0 Å². The SMILES string of the molecule is CC[Si](CC)(CC)O[C@@H](C)/C=C(/c1ccccc1)[S@@](=O)c1ccc(C)cc1. The molecule has 0 amide bonds. The molecule has 0 fully saturated rings. The van der Waals surface area contributed by atoms with Gasteiger partial charge in [0.05, 0.1) is 16.9 Å². The molecule has 0 spiro atoms. The number of hydrogen-bond acceptors (Lipinski definition) is 2. The summed E-state index contributed by atoms with van der Waals surface area (Å²) in [5.74, 6) is 0. The molecule has 0 unspecified atom stereocenters. The van der Waals surface area contributed by atoms with E-state index < -0.39 is 19.1 Å². The first-order chi connectivity index (χ1) is 12.9. The highest BCUT2D eigenvalue weighted by Gasteiger charge is 2.30. The Morgan fingerprint density at radius 3 is 2.07 bits per heavy atom. The molecule has 2 aromatic rings. The van der Waals surface area contributed by atoms with Crippen molar-refractivity contribution in [1.29, 1.82) is 0 Å². The van der Waals surface area contributed by atoms with Crippen molar-refractivity contribution in [3.05, 3.63) is 71.8 Å². The summed E-state index contributed by atoms with van der Waals surface area (Å²) in [6, 6.07) is 21.3. The van der Waals surface area contributed by atoms with Gasteiger partial charge in [0.1, 0.15) is 0 Å². The van der Waals surface area contributed by atoms with Crippen LogP contribution in [-0.4, -0.2) is 18.6 Å². The highest BCUT2D eigenvalue weighted by molar-refractivity contribution is 7.94. The number of benzene rings is 2. The van der Waals surface area contributed by atoms with Crippen molar-refractivity contribution in [2.24, 2.45) is 0 Å². The number of aryl methyl sites for hydroxylation is 1. The summed E-state index contributed by atoms with van der Waals surface area (Å²) < 4.78 is 19.9. The van der Waals surface area contributed by atoms with Crippen LogP contribution in [0.25, 0.3) is 4.91 Å². The minimum Gasteiger partial charge on any atom is -0.411 e. The van der Waals surface area contributed by atoms with Gasteiger partial charge in [-0.2, -0.15) is 0 Å². The fourth-order valence-electron chi connectivity index (χ4n) is 3.30. The molecule has 0 saturated heterocycles. The summed E-state index contributed by atoms with van der Waals surface area (Å²) in [6.07, 6.45) is 2.01. The molecule has 0 aliphatic carbocycles. The minimum atomic E-state index is -1.71. The summed E-state index contributed by atoms with van der Waals surface area (Å²) in [5, 5.41) is 0. The molecule has 0 radical (unpaired) electrons. The lowest BCUT2D eigenvalue weighted by Crippen LogP contribution is -2.38. The second-order valence-electron chi connectivity index (χ2n) is 7.05. The average Bonchev–Trinajstić information content (AvgIpc) is 2.71. The maximum absolute atomic E-state index is 13.4. The molecule has 0 aliphatic rings. The van der Waals surface area contributed by atoms with Crippen LogP contribution in [0.2, 0.25) is 18.1 Å². The highest BCUT2D eigenvalue weighted by Crippen LogP contribution is 2.28. The van der Waals surface area contributed by atoms with E-state index in [0.29, 0.717) is 0 Å². The average molecular weight is 401 g/mol. The van der Waals surface area contributed by atoms with E-state index in [2.05, 4.69) is 33.8 Å². The summed E-state index contributed by atoms with van der Waals surface area (Å²) in [5.41, 5.74) is 2.16. The largest absolute Gasteiger partial charge is 0.411 e. The Balaban J connectivity index is 2.39. The molecule has 2 rings (SSSR count). The van der Waals surface area contributed by atoms with Crippen molar-refractivity contribution in [2.45, 2.75) is 63.8 Å². The quantitative estimate of drug-likeness (QED) is 0.446. The second-order valence-corrected chi connectivity index (χ2v) is 13.2. The molecule has 2 atom stereocenters. The third kappa shape index (κ3) is 5.74. The van der Waals surface area contributed by atoms with Crippen LogP contribution in [-0.2, 0) is 15.2 Å². The van der Waals surface area contributed by atoms with Crippen LogP contribution in [0.15, 0.2) is 65.6 Å². The fourth-order valence-corrected chi connectivity index (χ4v) is 7.46. The van der Waals surface area contributed by atoms with E-state index in [4.69, 9.17) is 4.43 Å². The van der Waals surface area contributed by atoms with Gasteiger partial charge in [-0.05, 0) is 55.8 Å². The lowest BCUT2D eigenvalue weighted by atomic mass is 10.2. The third-order valence-electron chi connectivity index (χ3n) is 5.25. The van der Waals surface area contributed by atoms with Crippen LogP contribution in [0, 0.1) is 6.92 Å². The molecule has 0 heterocycles. The summed E-state index contributed by atoms with van der Waals surface area (Å²) in [7, 11) is -2.95. The van der Waals surface area contributed by atoms with Crippen LogP contribution in [0.1, 0.15) is 38.8 Å². The molecule has 0 N–H and O–H groups in total. The monoisotopic (exact) mass is 400 g/mol. The van der Waals surface area contributed by atoms with Crippen LogP contribution < -0.4 is 0 Å². The predicted octanol–water partition coefficient (Wildman–Crippen LogP) is 6.55. The van der Waals surface area contributed by atoms with Gasteiger partial charge in [-0.3, -0.25) is 0 Å². The Labute approximate surface area is 168 Å². The summed E-state index contributed by atoms with van der Waals surface area (Å²) >= 11 is 0. The first-order valence-electron chi connectivity index (χ1n) is 9.88. The van der Waals surface area contributed by atoms with Gasteiger partial charge in [-0.25, -0.2) is 4.21 Å². The Hall–Kier alpha value is -1.49. The fraction of sp³-hybridized carbons (Fsp3) is 0.391.